The lowest BCUT2D eigenvalue weighted by molar-refractivity contribution is -0.135. The molecule has 0 unspecified atom stereocenters. The average Bonchev–Trinajstić information content (AvgIpc) is 3.49. The van der Waals surface area contributed by atoms with Crippen LogP contribution in [0.15, 0.2) is 53.5 Å². The number of hydrogen-bond acceptors (Lipinski definition) is 9. The summed E-state index contributed by atoms with van der Waals surface area (Å²) in [4.78, 5) is 26.6. The van der Waals surface area contributed by atoms with E-state index in [0.29, 0.717) is 50.0 Å². The van der Waals surface area contributed by atoms with Crippen molar-refractivity contribution in [1.82, 2.24) is 20.1 Å². The Morgan fingerprint density at radius 1 is 1.02 bits per heavy atom. The molecule has 5 heterocycles. The number of aromatic nitrogens is 1. The Hall–Kier alpha value is -4.37. The average molecular weight is 596 g/mol. The summed E-state index contributed by atoms with van der Waals surface area (Å²) in [6.45, 7) is 6.94. The maximum atomic E-state index is 11.8. The molecule has 2 aromatic carbocycles. The molecule has 1 amide bonds. The summed E-state index contributed by atoms with van der Waals surface area (Å²) in [5.41, 5.74) is 6.41. The summed E-state index contributed by atoms with van der Waals surface area (Å²) in [5.74, 6) is 0.279. The Labute approximate surface area is 256 Å². The minimum atomic E-state index is -0.475. The van der Waals surface area contributed by atoms with Gasteiger partial charge in [-0.1, -0.05) is 12.1 Å². The number of hydrogen-bond donors (Lipinski definition) is 3. The van der Waals surface area contributed by atoms with Crippen LogP contribution in [0.5, 0.6) is 5.75 Å². The van der Waals surface area contributed by atoms with E-state index in [9.17, 15) is 10.1 Å². The summed E-state index contributed by atoms with van der Waals surface area (Å²) in [5, 5.41) is 23.4. The number of amides is 1. The van der Waals surface area contributed by atoms with Crippen molar-refractivity contribution in [2.45, 2.75) is 25.0 Å². The smallest absolute Gasteiger partial charge is 0.248 e. The highest BCUT2D eigenvalue weighted by Gasteiger charge is 2.29. The number of aromatic amines is 1. The van der Waals surface area contributed by atoms with E-state index < -0.39 is 6.61 Å². The Kier molecular flexibility index (Phi) is 7.95. The number of piperidine rings is 1. The quantitative estimate of drug-likeness (QED) is 0.366. The van der Waals surface area contributed by atoms with E-state index in [1.54, 1.807) is 4.90 Å². The zero-order valence-corrected chi connectivity index (χ0v) is 24.7. The van der Waals surface area contributed by atoms with Crippen molar-refractivity contribution in [3.63, 3.8) is 0 Å². The summed E-state index contributed by atoms with van der Waals surface area (Å²) < 4.78 is 11.6. The maximum Gasteiger partial charge on any atom is 0.248 e. The number of fused-ring (bicyclic) bond motifs is 1. The first kappa shape index (κ1) is 28.4. The number of nitriles is 1. The summed E-state index contributed by atoms with van der Waals surface area (Å²) >= 11 is 0. The van der Waals surface area contributed by atoms with E-state index in [0.717, 1.165) is 72.6 Å². The second kappa shape index (κ2) is 12.3. The molecule has 11 nitrogen and oxygen atoms in total. The third kappa shape index (κ3) is 5.64. The number of rotatable bonds is 7. The summed E-state index contributed by atoms with van der Waals surface area (Å²) in [7, 11) is 0. The molecule has 0 aliphatic carbocycles. The number of piperazine rings is 1. The molecule has 7 rings (SSSR count). The molecular formula is C33H37N7O4. The second-order valence-corrected chi connectivity index (χ2v) is 11.8. The molecule has 3 aromatic rings. The van der Waals surface area contributed by atoms with Gasteiger partial charge in [0.2, 0.25) is 5.91 Å². The highest BCUT2D eigenvalue weighted by atomic mass is 16.5. The van der Waals surface area contributed by atoms with E-state index in [-0.39, 0.29) is 12.0 Å². The van der Waals surface area contributed by atoms with E-state index in [4.69, 9.17) is 14.6 Å². The van der Waals surface area contributed by atoms with Crippen molar-refractivity contribution in [3.8, 4) is 23.1 Å². The van der Waals surface area contributed by atoms with Crippen LogP contribution >= 0.6 is 0 Å². The number of benzene rings is 2. The molecule has 0 radical (unpaired) electrons. The minimum absolute atomic E-state index is 0.0905. The fraction of sp³-hybridized carbons (Fsp3) is 0.424. The largest absolute Gasteiger partial charge is 0.489 e. The lowest BCUT2D eigenvalue weighted by Gasteiger charge is -2.43. The van der Waals surface area contributed by atoms with E-state index >= 15 is 0 Å². The van der Waals surface area contributed by atoms with Crippen LogP contribution in [0.1, 0.15) is 24.0 Å². The number of H-pyrrole nitrogens is 1. The van der Waals surface area contributed by atoms with Crippen molar-refractivity contribution < 1.29 is 19.4 Å². The number of ether oxygens (including phenoxy) is 2. The number of likely N-dealkylation sites (tertiary alicyclic amines) is 1. The lowest BCUT2D eigenvalue weighted by atomic mass is 10.0. The van der Waals surface area contributed by atoms with E-state index in [2.05, 4.69) is 61.5 Å². The first-order chi connectivity index (χ1) is 21.6. The van der Waals surface area contributed by atoms with Gasteiger partial charge in [-0.05, 0) is 47.5 Å². The Bertz CT molecular complexity index is 1680. The van der Waals surface area contributed by atoms with Gasteiger partial charge in [-0.25, -0.2) is 4.99 Å². The van der Waals surface area contributed by atoms with Gasteiger partial charge in [-0.3, -0.25) is 9.69 Å². The number of aliphatic hydroxyl groups excluding tert-OH is 1. The number of nitrogens with zero attached hydrogens (tertiary/aromatic N) is 5. The zero-order chi connectivity index (χ0) is 30.0. The standard InChI is InChI=1S/C33H37N7O4/c34-17-24-15-23(3-6-30(24)44-27-7-9-40(10-8-27)31(42)18-41)32-28-16-29(37-33(28)36-21-35-32)22-1-4-25(5-2-22)38-11-13-39(14-12-38)26-19-43-20-26/h1-6,15-16,26-27,35,41H,7-14,18-21H2,(H,36,37). The molecule has 0 saturated carbocycles. The molecule has 4 aliphatic heterocycles. The van der Waals surface area contributed by atoms with Crippen molar-refractivity contribution in [1.29, 1.82) is 5.26 Å². The molecule has 1 aromatic heterocycles. The number of nitrogens with one attached hydrogen (secondary N) is 2. The van der Waals surface area contributed by atoms with Crippen LogP contribution in [0.3, 0.4) is 0 Å². The van der Waals surface area contributed by atoms with Crippen molar-refractivity contribution >= 4 is 17.3 Å². The molecule has 11 heteroatoms. The Morgan fingerprint density at radius 2 is 1.77 bits per heavy atom. The van der Waals surface area contributed by atoms with Crippen LogP contribution in [0.4, 0.5) is 5.69 Å². The Balaban J connectivity index is 1.07. The number of carbonyl (C=O) groups is 1. The first-order valence-electron chi connectivity index (χ1n) is 15.4. The third-order valence-corrected chi connectivity index (χ3v) is 9.17. The van der Waals surface area contributed by atoms with E-state index in [1.807, 2.05) is 18.2 Å². The zero-order valence-electron chi connectivity index (χ0n) is 24.7. The predicted octanol–water partition coefficient (Wildman–Crippen LogP) is 0.773. The van der Waals surface area contributed by atoms with Gasteiger partial charge in [0.05, 0.1) is 30.5 Å². The highest BCUT2D eigenvalue weighted by Crippen LogP contribution is 2.27. The van der Waals surface area contributed by atoms with Gasteiger partial charge >= 0.3 is 0 Å². The van der Waals surface area contributed by atoms with Crippen LogP contribution in [-0.4, -0.2) is 104 Å². The number of anilines is 1. The van der Waals surface area contributed by atoms with Crippen molar-refractivity contribution in [3.05, 3.63) is 70.4 Å². The third-order valence-electron chi connectivity index (χ3n) is 9.17. The summed E-state index contributed by atoms with van der Waals surface area (Å²) in [6.07, 6.45) is 1.22. The molecule has 3 N–H and O–H groups in total. The van der Waals surface area contributed by atoms with Gasteiger partial charge in [-0.15, -0.1) is 0 Å². The van der Waals surface area contributed by atoms with Gasteiger partial charge in [0.25, 0.3) is 0 Å². The molecule has 3 fully saturated rings. The molecule has 0 spiro atoms. The molecule has 0 bridgehead atoms. The fourth-order valence-electron chi connectivity index (χ4n) is 6.47. The Morgan fingerprint density at radius 3 is 2.45 bits per heavy atom. The van der Waals surface area contributed by atoms with Crippen molar-refractivity contribution in [2.75, 3.05) is 70.7 Å². The fourth-order valence-corrected chi connectivity index (χ4v) is 6.47. The van der Waals surface area contributed by atoms with Gasteiger partial charge in [0, 0.05) is 68.7 Å². The number of carbonyl (C=O) groups excluding carboxylic acids is 1. The molecule has 4 aliphatic rings. The van der Waals surface area contributed by atoms with Gasteiger partial charge in [0.15, 0.2) is 0 Å². The molecule has 44 heavy (non-hydrogen) atoms. The van der Waals surface area contributed by atoms with Gasteiger partial charge in [0.1, 0.15) is 36.7 Å². The van der Waals surface area contributed by atoms with Crippen LogP contribution in [-0.2, 0) is 9.53 Å². The molecule has 0 atom stereocenters. The van der Waals surface area contributed by atoms with Gasteiger partial charge < -0.3 is 34.7 Å². The second-order valence-electron chi connectivity index (χ2n) is 11.8. The molecule has 3 saturated heterocycles. The topological polar surface area (TPSA) is 129 Å². The monoisotopic (exact) mass is 595 g/mol. The predicted molar refractivity (Wildman–Crippen MR) is 164 cm³/mol. The summed E-state index contributed by atoms with van der Waals surface area (Å²) in [6, 6.07) is 19.4. The van der Waals surface area contributed by atoms with Crippen LogP contribution < -0.4 is 25.7 Å². The lowest BCUT2D eigenvalue weighted by Crippen LogP contribution is -2.56. The normalized spacial score (nSPS) is 19.4. The van der Waals surface area contributed by atoms with E-state index in [1.165, 1.54) is 5.69 Å². The van der Waals surface area contributed by atoms with Crippen molar-refractivity contribution in [2.24, 2.45) is 4.99 Å². The molecule has 228 valence electrons. The maximum absolute atomic E-state index is 11.8. The minimum Gasteiger partial charge on any atom is -0.489 e. The van der Waals surface area contributed by atoms with Crippen LogP contribution in [0, 0.1) is 11.3 Å². The number of aliphatic hydroxyl groups is 1. The SMILES string of the molecule is N#Cc1cc(C2=c3cc(-c4ccc(N5CCN(C6COC6)CC5)cc4)[nH]c3=NCN2)ccc1OC1CCN(C(=O)CO)CC1. The first-order valence-corrected chi connectivity index (χ1v) is 15.4. The van der Waals surface area contributed by atoms with Crippen LogP contribution in [0.25, 0.3) is 17.0 Å². The van der Waals surface area contributed by atoms with Crippen LogP contribution in [0.2, 0.25) is 0 Å². The molecular weight excluding hydrogens is 558 g/mol. The van der Waals surface area contributed by atoms with Gasteiger partial charge in [-0.2, -0.15) is 5.26 Å². The highest BCUT2D eigenvalue weighted by molar-refractivity contribution is 5.77.